The molecule has 2 atom stereocenters. The van der Waals surface area contributed by atoms with Gasteiger partial charge in [-0.2, -0.15) is 0 Å². The van der Waals surface area contributed by atoms with E-state index in [2.05, 4.69) is 38.8 Å². The molecule has 2 rings (SSSR count). The molecule has 98 valence electrons. The van der Waals surface area contributed by atoms with Crippen molar-refractivity contribution in [3.8, 4) is 0 Å². The first-order valence-electron chi connectivity index (χ1n) is 5.87. The molecule has 1 aromatic carbocycles. The zero-order valence-corrected chi connectivity index (χ0v) is 13.2. The van der Waals surface area contributed by atoms with E-state index < -0.39 is 0 Å². The minimum atomic E-state index is -0.384. The van der Waals surface area contributed by atoms with Gasteiger partial charge in [0.2, 0.25) is 0 Å². The topological polar surface area (TPSA) is 20.3 Å². The van der Waals surface area contributed by atoms with E-state index in [4.69, 9.17) is 0 Å². The molecule has 0 bridgehead atoms. The maximum atomic E-state index is 13.2. The second kappa shape index (κ2) is 5.70. The fourth-order valence-corrected chi connectivity index (χ4v) is 2.92. The number of carbonyl (C=O) groups is 1. The van der Waals surface area contributed by atoms with Gasteiger partial charge < -0.3 is 4.90 Å². The number of hydrogen-bond donors (Lipinski definition) is 0. The molecule has 1 fully saturated rings. The fourth-order valence-electron chi connectivity index (χ4n) is 2.13. The molecule has 1 aliphatic rings. The van der Waals surface area contributed by atoms with Crippen LogP contribution in [0, 0.1) is 11.7 Å². The molecule has 0 radical (unpaired) electrons. The second-order valence-corrected chi connectivity index (χ2v) is 6.69. The van der Waals surface area contributed by atoms with Crippen molar-refractivity contribution in [2.45, 2.75) is 18.2 Å². The zero-order valence-electron chi connectivity index (χ0n) is 10.00. The van der Waals surface area contributed by atoms with E-state index in [1.54, 1.807) is 11.0 Å². The van der Waals surface area contributed by atoms with Gasteiger partial charge >= 0.3 is 0 Å². The Morgan fingerprint density at radius 1 is 1.50 bits per heavy atom. The van der Waals surface area contributed by atoms with Gasteiger partial charge in [-0.3, -0.25) is 4.79 Å². The summed E-state index contributed by atoms with van der Waals surface area (Å²) in [4.78, 5) is 14.6. The molecular weight excluding hydrogens is 365 g/mol. The summed E-state index contributed by atoms with van der Waals surface area (Å²) >= 11 is 6.91. The van der Waals surface area contributed by atoms with Gasteiger partial charge in [0.1, 0.15) is 5.82 Å². The highest BCUT2D eigenvalue weighted by atomic mass is 79.9. The molecule has 1 amide bonds. The van der Waals surface area contributed by atoms with Gasteiger partial charge in [-0.05, 0) is 46.5 Å². The van der Waals surface area contributed by atoms with Crippen LogP contribution in [0.4, 0.5) is 4.39 Å². The molecule has 0 aliphatic carbocycles. The van der Waals surface area contributed by atoms with Crippen molar-refractivity contribution < 1.29 is 9.18 Å². The van der Waals surface area contributed by atoms with Gasteiger partial charge in [-0.15, -0.1) is 0 Å². The Bertz CT molecular complexity index is 466. The first-order valence-corrected chi connectivity index (χ1v) is 7.58. The number of halogens is 3. The van der Waals surface area contributed by atoms with Crippen LogP contribution in [0.3, 0.4) is 0 Å². The lowest BCUT2D eigenvalue weighted by Crippen LogP contribution is -2.43. The quantitative estimate of drug-likeness (QED) is 0.680. The molecule has 2 unspecified atom stereocenters. The van der Waals surface area contributed by atoms with Gasteiger partial charge in [0.15, 0.2) is 0 Å². The van der Waals surface area contributed by atoms with Gasteiger partial charge in [-0.1, -0.05) is 22.9 Å². The Labute approximate surface area is 123 Å². The Hall–Kier alpha value is -0.420. The molecule has 0 saturated carbocycles. The zero-order chi connectivity index (χ0) is 13.3. The summed E-state index contributed by atoms with van der Waals surface area (Å²) in [6.07, 6.45) is 0.930. The van der Waals surface area contributed by atoms with Crippen molar-refractivity contribution in [2.75, 3.05) is 13.1 Å². The molecule has 18 heavy (non-hydrogen) atoms. The monoisotopic (exact) mass is 377 g/mol. The van der Waals surface area contributed by atoms with E-state index in [0.717, 1.165) is 6.42 Å². The summed E-state index contributed by atoms with van der Waals surface area (Å²) < 4.78 is 13.9. The molecule has 0 aromatic heterocycles. The van der Waals surface area contributed by atoms with Crippen LogP contribution < -0.4 is 0 Å². The molecule has 0 N–H and O–H groups in total. The minimum absolute atomic E-state index is 0.104. The molecule has 0 spiro atoms. The number of alkyl halides is 1. The Kier molecular flexibility index (Phi) is 4.43. The third-order valence-electron chi connectivity index (χ3n) is 3.25. The van der Waals surface area contributed by atoms with E-state index in [1.165, 1.54) is 12.1 Å². The van der Waals surface area contributed by atoms with E-state index in [1.807, 2.05) is 0 Å². The normalized spacial score (nSPS) is 24.1. The molecule has 2 nitrogen and oxygen atoms in total. The van der Waals surface area contributed by atoms with E-state index >= 15 is 0 Å². The van der Waals surface area contributed by atoms with Crippen molar-refractivity contribution in [1.29, 1.82) is 0 Å². The number of rotatable bonds is 1. The second-order valence-electron chi connectivity index (χ2n) is 4.66. The summed E-state index contributed by atoms with van der Waals surface area (Å²) in [5.74, 6) is -0.0763. The molecule has 1 aromatic rings. The van der Waals surface area contributed by atoms with Gasteiger partial charge in [0.25, 0.3) is 5.91 Å². The van der Waals surface area contributed by atoms with Crippen LogP contribution in [0.5, 0.6) is 0 Å². The lowest BCUT2D eigenvalue weighted by molar-refractivity contribution is 0.0689. The average Bonchev–Trinajstić information content (AvgIpc) is 2.35. The standard InChI is InChI=1S/C13H14Br2FNO/c1-8-7-17(5-4-11(8)14)13(18)10-6-9(16)2-3-12(10)15/h2-3,6,8,11H,4-5,7H2,1H3. The third kappa shape index (κ3) is 2.94. The number of likely N-dealkylation sites (tertiary alicyclic amines) is 1. The SMILES string of the molecule is CC1CN(C(=O)c2cc(F)ccc2Br)CCC1Br. The maximum absolute atomic E-state index is 13.2. The Balaban J connectivity index is 2.19. The van der Waals surface area contributed by atoms with Crippen molar-refractivity contribution in [2.24, 2.45) is 5.92 Å². The van der Waals surface area contributed by atoms with Crippen LogP contribution in [0.2, 0.25) is 0 Å². The lowest BCUT2D eigenvalue weighted by Gasteiger charge is -2.34. The lowest BCUT2D eigenvalue weighted by atomic mass is 9.99. The number of benzene rings is 1. The van der Waals surface area contributed by atoms with Crippen LogP contribution in [-0.4, -0.2) is 28.7 Å². The van der Waals surface area contributed by atoms with Crippen molar-refractivity contribution in [3.63, 3.8) is 0 Å². The predicted octanol–water partition coefficient (Wildman–Crippen LogP) is 3.83. The smallest absolute Gasteiger partial charge is 0.255 e. The van der Waals surface area contributed by atoms with Crippen molar-refractivity contribution in [3.05, 3.63) is 34.1 Å². The number of carbonyl (C=O) groups excluding carboxylic acids is 1. The molecule has 1 aliphatic heterocycles. The summed E-state index contributed by atoms with van der Waals surface area (Å²) in [6.45, 7) is 3.53. The molecular formula is C13H14Br2FNO. The van der Waals surface area contributed by atoms with E-state index in [0.29, 0.717) is 33.9 Å². The number of hydrogen-bond acceptors (Lipinski definition) is 1. The molecule has 1 heterocycles. The summed E-state index contributed by atoms with van der Waals surface area (Å²) in [7, 11) is 0. The fraction of sp³-hybridized carbons (Fsp3) is 0.462. The summed E-state index contributed by atoms with van der Waals surface area (Å²) in [5, 5.41) is 0. The van der Waals surface area contributed by atoms with Crippen molar-refractivity contribution in [1.82, 2.24) is 4.90 Å². The third-order valence-corrected chi connectivity index (χ3v) is 5.30. The highest BCUT2D eigenvalue weighted by Gasteiger charge is 2.28. The molecule has 5 heteroatoms. The number of nitrogens with zero attached hydrogens (tertiary/aromatic N) is 1. The molecule has 1 saturated heterocycles. The Morgan fingerprint density at radius 3 is 2.89 bits per heavy atom. The van der Waals surface area contributed by atoms with Gasteiger partial charge in [0, 0.05) is 22.4 Å². The van der Waals surface area contributed by atoms with Crippen molar-refractivity contribution >= 4 is 37.8 Å². The highest BCUT2D eigenvalue weighted by Crippen LogP contribution is 2.26. The summed E-state index contributed by atoms with van der Waals surface area (Å²) in [6, 6.07) is 4.20. The number of piperidine rings is 1. The number of amides is 1. The van der Waals surface area contributed by atoms with E-state index in [-0.39, 0.29) is 11.7 Å². The maximum Gasteiger partial charge on any atom is 0.255 e. The predicted molar refractivity (Wildman–Crippen MR) is 76.5 cm³/mol. The minimum Gasteiger partial charge on any atom is -0.338 e. The largest absolute Gasteiger partial charge is 0.338 e. The van der Waals surface area contributed by atoms with Gasteiger partial charge in [0.05, 0.1) is 5.56 Å². The Morgan fingerprint density at radius 2 is 2.22 bits per heavy atom. The first kappa shape index (κ1) is 14.0. The highest BCUT2D eigenvalue weighted by molar-refractivity contribution is 9.10. The van der Waals surface area contributed by atoms with Crippen LogP contribution >= 0.6 is 31.9 Å². The average molecular weight is 379 g/mol. The van der Waals surface area contributed by atoms with Crippen LogP contribution in [0.1, 0.15) is 23.7 Å². The van der Waals surface area contributed by atoms with Crippen LogP contribution in [-0.2, 0) is 0 Å². The summed E-state index contributed by atoms with van der Waals surface area (Å²) in [5.41, 5.74) is 0.398. The van der Waals surface area contributed by atoms with Crippen LogP contribution in [0.25, 0.3) is 0 Å². The van der Waals surface area contributed by atoms with Gasteiger partial charge in [-0.25, -0.2) is 4.39 Å². The van der Waals surface area contributed by atoms with E-state index in [9.17, 15) is 9.18 Å². The first-order chi connectivity index (χ1) is 8.49. The van der Waals surface area contributed by atoms with Crippen LogP contribution in [0.15, 0.2) is 22.7 Å².